The molecule has 2 aliphatic rings. The summed E-state index contributed by atoms with van der Waals surface area (Å²) in [4.78, 5) is 33.6. The highest BCUT2D eigenvalue weighted by molar-refractivity contribution is 6.00. The SMILES string of the molecule is CC(C)(C)OC(=O)/N=C1/N(Cc2ccccc2)C[C@@H]2CC=C[C@@H]2N1C(=O)OC(C)(C)C. The molecule has 1 aliphatic carbocycles. The van der Waals surface area contributed by atoms with Crippen LogP contribution in [0.2, 0.25) is 0 Å². The molecular weight excluding hydrogens is 394 g/mol. The minimum atomic E-state index is -0.727. The number of carbonyl (C=O) groups is 2. The van der Waals surface area contributed by atoms with Crippen molar-refractivity contribution in [3.8, 4) is 0 Å². The first-order chi connectivity index (χ1) is 14.4. The van der Waals surface area contributed by atoms with E-state index in [2.05, 4.69) is 11.1 Å². The summed E-state index contributed by atoms with van der Waals surface area (Å²) in [6.07, 6.45) is 3.68. The van der Waals surface area contributed by atoms with Crippen molar-refractivity contribution >= 4 is 18.1 Å². The predicted octanol–water partition coefficient (Wildman–Crippen LogP) is 4.98. The average molecular weight is 428 g/mol. The number of benzene rings is 1. The van der Waals surface area contributed by atoms with Gasteiger partial charge in [-0.2, -0.15) is 0 Å². The van der Waals surface area contributed by atoms with Crippen LogP contribution in [0.4, 0.5) is 9.59 Å². The first kappa shape index (κ1) is 22.8. The highest BCUT2D eigenvalue weighted by Crippen LogP contribution is 2.32. The van der Waals surface area contributed by atoms with E-state index in [1.165, 1.54) is 4.90 Å². The summed E-state index contributed by atoms with van der Waals surface area (Å²) in [7, 11) is 0. The molecule has 2 atom stereocenters. The second-order valence-corrected chi connectivity index (χ2v) is 10.0. The zero-order chi connectivity index (χ0) is 22.8. The molecule has 0 radical (unpaired) electrons. The smallest absolute Gasteiger partial charge is 0.437 e. The Labute approximate surface area is 184 Å². The van der Waals surface area contributed by atoms with Crippen molar-refractivity contribution < 1.29 is 19.1 Å². The number of nitrogens with zero attached hydrogens (tertiary/aromatic N) is 3. The fourth-order valence-electron chi connectivity index (χ4n) is 3.76. The second kappa shape index (κ2) is 8.73. The lowest BCUT2D eigenvalue weighted by Crippen LogP contribution is -2.60. The molecule has 1 saturated heterocycles. The van der Waals surface area contributed by atoms with E-state index in [-0.39, 0.29) is 17.9 Å². The number of allylic oxidation sites excluding steroid dienone is 1. The number of guanidine groups is 1. The van der Waals surface area contributed by atoms with E-state index in [4.69, 9.17) is 9.47 Å². The van der Waals surface area contributed by atoms with Gasteiger partial charge in [-0.15, -0.1) is 4.99 Å². The topological polar surface area (TPSA) is 71.4 Å². The van der Waals surface area contributed by atoms with Gasteiger partial charge in [-0.05, 0) is 53.5 Å². The van der Waals surface area contributed by atoms with Gasteiger partial charge in [-0.3, -0.25) is 0 Å². The lowest BCUT2D eigenvalue weighted by atomic mass is 9.97. The Morgan fingerprint density at radius 2 is 1.68 bits per heavy atom. The molecule has 0 saturated carbocycles. The Morgan fingerprint density at radius 1 is 1.03 bits per heavy atom. The third-order valence-electron chi connectivity index (χ3n) is 4.90. The van der Waals surface area contributed by atoms with Gasteiger partial charge < -0.3 is 14.4 Å². The first-order valence-corrected chi connectivity index (χ1v) is 10.7. The molecule has 168 valence electrons. The van der Waals surface area contributed by atoms with E-state index in [0.717, 1.165) is 12.0 Å². The number of carbonyl (C=O) groups excluding carboxylic acids is 2. The van der Waals surface area contributed by atoms with Gasteiger partial charge in [0, 0.05) is 19.0 Å². The van der Waals surface area contributed by atoms with Crippen molar-refractivity contribution in [3.63, 3.8) is 0 Å². The van der Waals surface area contributed by atoms with Crippen molar-refractivity contribution in [3.05, 3.63) is 48.0 Å². The van der Waals surface area contributed by atoms with Crippen LogP contribution in [0.15, 0.2) is 47.5 Å². The van der Waals surface area contributed by atoms with E-state index >= 15 is 0 Å². The quantitative estimate of drug-likeness (QED) is 0.623. The Balaban J connectivity index is 2.00. The Kier molecular flexibility index (Phi) is 6.43. The van der Waals surface area contributed by atoms with Crippen molar-refractivity contribution in [2.24, 2.45) is 10.9 Å². The van der Waals surface area contributed by atoms with Crippen LogP contribution in [-0.2, 0) is 16.0 Å². The van der Waals surface area contributed by atoms with Gasteiger partial charge in [0.2, 0.25) is 5.96 Å². The number of rotatable bonds is 2. The van der Waals surface area contributed by atoms with Gasteiger partial charge in [0.25, 0.3) is 0 Å². The van der Waals surface area contributed by atoms with Crippen LogP contribution >= 0.6 is 0 Å². The minimum absolute atomic E-state index is 0.203. The van der Waals surface area contributed by atoms with Crippen LogP contribution in [0.5, 0.6) is 0 Å². The normalized spacial score (nSPS) is 22.5. The standard InChI is InChI=1S/C24H33N3O4/c1-23(2,3)30-21(28)25-20-26(15-17-11-8-7-9-12-17)16-18-13-10-14-19(18)27(20)22(29)31-24(4,5)6/h7-12,14,18-19H,13,15-16H2,1-6H3/b25-20-/t18-,19-/m0/s1. The molecule has 1 fully saturated rings. The van der Waals surface area contributed by atoms with Gasteiger partial charge in [-0.25, -0.2) is 14.5 Å². The number of aliphatic imine (C=N–C) groups is 1. The molecule has 0 unspecified atom stereocenters. The summed E-state index contributed by atoms with van der Waals surface area (Å²) in [5.41, 5.74) is -0.298. The predicted molar refractivity (Wildman–Crippen MR) is 120 cm³/mol. The van der Waals surface area contributed by atoms with Crippen molar-refractivity contribution in [1.29, 1.82) is 0 Å². The first-order valence-electron chi connectivity index (χ1n) is 10.7. The van der Waals surface area contributed by atoms with Crippen LogP contribution in [0.3, 0.4) is 0 Å². The lowest BCUT2D eigenvalue weighted by Gasteiger charge is -2.44. The molecule has 7 nitrogen and oxygen atoms in total. The molecule has 1 aliphatic heterocycles. The largest absolute Gasteiger partial charge is 0.443 e. The fourth-order valence-corrected chi connectivity index (χ4v) is 3.76. The van der Waals surface area contributed by atoms with Crippen LogP contribution in [-0.4, -0.2) is 51.7 Å². The minimum Gasteiger partial charge on any atom is -0.443 e. The lowest BCUT2D eigenvalue weighted by molar-refractivity contribution is 0.0218. The van der Waals surface area contributed by atoms with Crippen molar-refractivity contribution in [1.82, 2.24) is 9.80 Å². The summed E-state index contributed by atoms with van der Waals surface area (Å²) in [5, 5.41) is 0. The number of amides is 2. The van der Waals surface area contributed by atoms with Gasteiger partial charge in [0.15, 0.2) is 0 Å². The highest BCUT2D eigenvalue weighted by Gasteiger charge is 2.44. The molecule has 0 aromatic heterocycles. The van der Waals surface area contributed by atoms with Gasteiger partial charge in [-0.1, -0.05) is 42.5 Å². The Hall–Kier alpha value is -2.83. The maximum atomic E-state index is 13.2. The fraction of sp³-hybridized carbons (Fsp3) is 0.542. The maximum Gasteiger partial charge on any atom is 0.437 e. The average Bonchev–Trinajstić information content (AvgIpc) is 3.07. The molecule has 3 rings (SSSR count). The molecular formula is C24H33N3O4. The van der Waals surface area contributed by atoms with E-state index in [1.807, 2.05) is 62.1 Å². The van der Waals surface area contributed by atoms with E-state index in [1.54, 1.807) is 20.8 Å². The highest BCUT2D eigenvalue weighted by atomic mass is 16.6. The van der Waals surface area contributed by atoms with Crippen molar-refractivity contribution in [2.45, 2.75) is 71.8 Å². The molecule has 1 aromatic rings. The van der Waals surface area contributed by atoms with Crippen LogP contribution in [0.25, 0.3) is 0 Å². The van der Waals surface area contributed by atoms with Crippen LogP contribution in [0.1, 0.15) is 53.5 Å². The third-order valence-corrected chi connectivity index (χ3v) is 4.90. The zero-order valence-electron chi connectivity index (χ0n) is 19.3. The molecule has 31 heavy (non-hydrogen) atoms. The van der Waals surface area contributed by atoms with Crippen molar-refractivity contribution in [2.75, 3.05) is 6.54 Å². The van der Waals surface area contributed by atoms with Crippen LogP contribution < -0.4 is 0 Å². The number of ether oxygens (including phenoxy) is 2. The summed E-state index contributed by atoms with van der Waals surface area (Å²) in [6.45, 7) is 12.0. The number of hydrogen-bond donors (Lipinski definition) is 0. The molecule has 0 bridgehead atoms. The second-order valence-electron chi connectivity index (χ2n) is 10.0. The molecule has 0 spiro atoms. The molecule has 2 amide bonds. The molecule has 1 heterocycles. The number of fused-ring (bicyclic) bond motifs is 1. The van der Waals surface area contributed by atoms with Gasteiger partial charge in [0.1, 0.15) is 11.2 Å². The van der Waals surface area contributed by atoms with Gasteiger partial charge in [0.05, 0.1) is 6.04 Å². The van der Waals surface area contributed by atoms with E-state index < -0.39 is 23.4 Å². The Morgan fingerprint density at radius 3 is 2.29 bits per heavy atom. The monoisotopic (exact) mass is 427 g/mol. The Bertz CT molecular complexity index is 865. The summed E-state index contributed by atoms with van der Waals surface area (Å²) >= 11 is 0. The maximum absolute atomic E-state index is 13.2. The summed E-state index contributed by atoms with van der Waals surface area (Å²) in [6, 6.07) is 9.72. The van der Waals surface area contributed by atoms with Crippen LogP contribution in [0, 0.1) is 5.92 Å². The molecule has 0 N–H and O–H groups in total. The third kappa shape index (κ3) is 6.09. The summed E-state index contributed by atoms with van der Waals surface area (Å²) in [5.74, 6) is 0.467. The van der Waals surface area contributed by atoms with E-state index in [9.17, 15) is 9.59 Å². The molecule has 7 heteroatoms. The van der Waals surface area contributed by atoms with Gasteiger partial charge >= 0.3 is 12.2 Å². The molecule has 1 aromatic carbocycles. The number of hydrogen-bond acceptors (Lipinski definition) is 4. The zero-order valence-corrected chi connectivity index (χ0v) is 19.3. The summed E-state index contributed by atoms with van der Waals surface area (Å²) < 4.78 is 11.1. The van der Waals surface area contributed by atoms with E-state index in [0.29, 0.717) is 13.1 Å².